The fourth-order valence-electron chi connectivity index (χ4n) is 1.46. The molecule has 0 bridgehead atoms. The van der Waals surface area contributed by atoms with E-state index in [4.69, 9.17) is 4.74 Å². The first kappa shape index (κ1) is 12.0. The van der Waals surface area contributed by atoms with E-state index in [1.807, 2.05) is 4.68 Å². The Kier molecular flexibility index (Phi) is 4.15. The highest BCUT2D eigenvalue weighted by atomic mass is 16.5. The molecule has 0 aliphatic rings. The van der Waals surface area contributed by atoms with Crippen LogP contribution in [-0.4, -0.2) is 22.9 Å². The number of nitrogens with one attached hydrogen (secondary N) is 1. The van der Waals surface area contributed by atoms with Gasteiger partial charge in [-0.2, -0.15) is 5.10 Å². The fraction of sp³-hybridized carbons (Fsp3) is 0.727. The molecule has 0 atom stereocenters. The van der Waals surface area contributed by atoms with Gasteiger partial charge in [0.25, 0.3) is 0 Å². The topological polar surface area (TPSA) is 39.1 Å². The first-order valence-electron chi connectivity index (χ1n) is 5.40. The third kappa shape index (κ3) is 2.96. The fourth-order valence-corrected chi connectivity index (χ4v) is 1.46. The molecule has 0 fully saturated rings. The van der Waals surface area contributed by atoms with E-state index in [0.29, 0.717) is 12.1 Å². The molecule has 15 heavy (non-hydrogen) atoms. The Morgan fingerprint density at radius 2 is 2.07 bits per heavy atom. The first-order chi connectivity index (χ1) is 7.06. The van der Waals surface area contributed by atoms with Gasteiger partial charge in [-0.15, -0.1) is 0 Å². The molecule has 1 rings (SSSR count). The lowest BCUT2D eigenvalue weighted by atomic mass is 10.3. The summed E-state index contributed by atoms with van der Waals surface area (Å²) in [6.07, 6.45) is 1.78. The third-order valence-corrected chi connectivity index (χ3v) is 2.25. The Balaban J connectivity index is 2.85. The van der Waals surface area contributed by atoms with E-state index >= 15 is 0 Å². The summed E-state index contributed by atoms with van der Waals surface area (Å²) >= 11 is 0. The van der Waals surface area contributed by atoms with Crippen LogP contribution in [0.2, 0.25) is 0 Å². The van der Waals surface area contributed by atoms with E-state index in [9.17, 15) is 0 Å². The van der Waals surface area contributed by atoms with Gasteiger partial charge in [0.2, 0.25) is 0 Å². The second kappa shape index (κ2) is 5.16. The summed E-state index contributed by atoms with van der Waals surface area (Å²) in [6.45, 7) is 9.28. The zero-order valence-corrected chi connectivity index (χ0v) is 10.2. The van der Waals surface area contributed by atoms with E-state index < -0.39 is 0 Å². The Bertz CT molecular complexity index is 305. The SMILES string of the molecule is COc1cnn(C(C)C)c1CNC(C)C. The van der Waals surface area contributed by atoms with Crippen LogP contribution in [0.5, 0.6) is 5.75 Å². The number of nitrogens with zero attached hydrogens (tertiary/aromatic N) is 2. The van der Waals surface area contributed by atoms with Crippen LogP contribution in [0, 0.1) is 0 Å². The van der Waals surface area contributed by atoms with Crippen LogP contribution in [0.4, 0.5) is 0 Å². The molecule has 0 aliphatic heterocycles. The predicted molar refractivity (Wildman–Crippen MR) is 61.1 cm³/mol. The number of rotatable bonds is 5. The Labute approximate surface area is 91.6 Å². The van der Waals surface area contributed by atoms with Crippen LogP contribution in [0.3, 0.4) is 0 Å². The number of hydrogen-bond acceptors (Lipinski definition) is 3. The zero-order chi connectivity index (χ0) is 11.4. The van der Waals surface area contributed by atoms with Crippen molar-refractivity contribution in [1.82, 2.24) is 15.1 Å². The molecule has 1 heterocycles. The van der Waals surface area contributed by atoms with Gasteiger partial charge in [-0.3, -0.25) is 4.68 Å². The molecule has 1 aromatic heterocycles. The quantitative estimate of drug-likeness (QED) is 0.809. The Morgan fingerprint density at radius 1 is 1.40 bits per heavy atom. The standard InChI is InChI=1S/C11H21N3O/c1-8(2)12-6-10-11(15-5)7-13-14(10)9(3)4/h7-9,12H,6H2,1-5H3. The molecule has 0 unspecified atom stereocenters. The van der Waals surface area contributed by atoms with Crippen LogP contribution >= 0.6 is 0 Å². The zero-order valence-electron chi connectivity index (χ0n) is 10.2. The summed E-state index contributed by atoms with van der Waals surface area (Å²) in [5, 5.41) is 7.69. The minimum atomic E-state index is 0.359. The maximum atomic E-state index is 5.29. The minimum absolute atomic E-state index is 0.359. The van der Waals surface area contributed by atoms with Gasteiger partial charge >= 0.3 is 0 Å². The Morgan fingerprint density at radius 3 is 2.53 bits per heavy atom. The van der Waals surface area contributed by atoms with E-state index in [-0.39, 0.29) is 0 Å². The van der Waals surface area contributed by atoms with Crippen LogP contribution in [0.25, 0.3) is 0 Å². The molecule has 1 aromatic rings. The molecule has 0 saturated carbocycles. The highest BCUT2D eigenvalue weighted by molar-refractivity contribution is 5.25. The summed E-state index contributed by atoms with van der Waals surface area (Å²) in [7, 11) is 1.68. The van der Waals surface area contributed by atoms with Crippen molar-refractivity contribution in [2.75, 3.05) is 7.11 Å². The minimum Gasteiger partial charge on any atom is -0.493 e. The van der Waals surface area contributed by atoms with E-state index in [2.05, 4.69) is 38.1 Å². The third-order valence-electron chi connectivity index (χ3n) is 2.25. The van der Waals surface area contributed by atoms with Crippen molar-refractivity contribution in [1.29, 1.82) is 0 Å². The van der Waals surface area contributed by atoms with Crippen molar-refractivity contribution in [3.8, 4) is 5.75 Å². The highest BCUT2D eigenvalue weighted by Crippen LogP contribution is 2.20. The molecule has 0 saturated heterocycles. The molecule has 0 aromatic carbocycles. The van der Waals surface area contributed by atoms with E-state index in [1.54, 1.807) is 13.3 Å². The van der Waals surface area contributed by atoms with Gasteiger partial charge in [0, 0.05) is 18.6 Å². The van der Waals surface area contributed by atoms with Gasteiger partial charge < -0.3 is 10.1 Å². The molecule has 0 aliphatic carbocycles. The van der Waals surface area contributed by atoms with Crippen LogP contribution in [0.15, 0.2) is 6.20 Å². The lowest BCUT2D eigenvalue weighted by molar-refractivity contribution is 0.398. The largest absolute Gasteiger partial charge is 0.493 e. The van der Waals surface area contributed by atoms with Crippen molar-refractivity contribution < 1.29 is 4.74 Å². The molecule has 0 amide bonds. The molecule has 4 nitrogen and oxygen atoms in total. The smallest absolute Gasteiger partial charge is 0.161 e. The molecule has 0 radical (unpaired) electrons. The summed E-state index contributed by atoms with van der Waals surface area (Å²) in [4.78, 5) is 0. The second-order valence-electron chi connectivity index (χ2n) is 4.23. The van der Waals surface area contributed by atoms with Gasteiger partial charge in [0.15, 0.2) is 5.75 Å². The molecule has 0 spiro atoms. The van der Waals surface area contributed by atoms with Crippen molar-refractivity contribution in [2.24, 2.45) is 0 Å². The second-order valence-corrected chi connectivity index (χ2v) is 4.23. The lowest BCUT2D eigenvalue weighted by Gasteiger charge is -2.14. The number of ether oxygens (including phenoxy) is 1. The van der Waals surface area contributed by atoms with Crippen LogP contribution in [0.1, 0.15) is 39.4 Å². The molecule has 4 heteroatoms. The lowest BCUT2D eigenvalue weighted by Crippen LogP contribution is -2.24. The molecular formula is C11H21N3O. The average molecular weight is 211 g/mol. The monoisotopic (exact) mass is 211 g/mol. The molecule has 86 valence electrons. The normalized spacial score (nSPS) is 11.4. The molecular weight excluding hydrogens is 190 g/mol. The Hall–Kier alpha value is -1.03. The summed E-state index contributed by atoms with van der Waals surface area (Å²) in [6, 6.07) is 0.822. The van der Waals surface area contributed by atoms with Crippen LogP contribution in [-0.2, 0) is 6.54 Å². The van der Waals surface area contributed by atoms with Crippen molar-refractivity contribution in [3.63, 3.8) is 0 Å². The number of hydrogen-bond donors (Lipinski definition) is 1. The van der Waals surface area contributed by atoms with Gasteiger partial charge in [-0.1, -0.05) is 13.8 Å². The summed E-state index contributed by atoms with van der Waals surface area (Å²) in [5.41, 5.74) is 1.11. The summed E-state index contributed by atoms with van der Waals surface area (Å²) < 4.78 is 7.28. The van der Waals surface area contributed by atoms with Crippen molar-refractivity contribution in [3.05, 3.63) is 11.9 Å². The van der Waals surface area contributed by atoms with Gasteiger partial charge in [0.1, 0.15) is 0 Å². The van der Waals surface area contributed by atoms with E-state index in [1.165, 1.54) is 0 Å². The van der Waals surface area contributed by atoms with Gasteiger partial charge in [0.05, 0.1) is 19.0 Å². The van der Waals surface area contributed by atoms with E-state index in [0.717, 1.165) is 18.0 Å². The average Bonchev–Trinajstić information content (AvgIpc) is 2.57. The van der Waals surface area contributed by atoms with Crippen molar-refractivity contribution >= 4 is 0 Å². The first-order valence-corrected chi connectivity index (χ1v) is 5.40. The van der Waals surface area contributed by atoms with Crippen molar-refractivity contribution in [2.45, 2.75) is 46.3 Å². The number of aromatic nitrogens is 2. The van der Waals surface area contributed by atoms with Gasteiger partial charge in [-0.25, -0.2) is 0 Å². The molecule has 1 N–H and O–H groups in total. The highest BCUT2D eigenvalue weighted by Gasteiger charge is 2.13. The predicted octanol–water partition coefficient (Wildman–Crippen LogP) is 1.97. The maximum absolute atomic E-state index is 5.29. The van der Waals surface area contributed by atoms with Gasteiger partial charge in [-0.05, 0) is 13.8 Å². The van der Waals surface area contributed by atoms with Crippen LogP contribution < -0.4 is 10.1 Å². The number of methoxy groups -OCH3 is 1. The summed E-state index contributed by atoms with van der Waals surface area (Å²) in [5.74, 6) is 0.858. The maximum Gasteiger partial charge on any atom is 0.161 e.